The van der Waals surface area contributed by atoms with Gasteiger partial charge in [-0.1, -0.05) is 13.8 Å². The first-order valence-electron chi connectivity index (χ1n) is 5.56. The van der Waals surface area contributed by atoms with Gasteiger partial charge in [-0.3, -0.25) is 0 Å². The van der Waals surface area contributed by atoms with E-state index in [-0.39, 0.29) is 0 Å². The molecule has 3 nitrogen and oxygen atoms in total. The van der Waals surface area contributed by atoms with Gasteiger partial charge in [0.25, 0.3) is 0 Å². The molecule has 0 saturated carbocycles. The monoisotopic (exact) mass is 201 g/mol. The average Bonchev–Trinajstić information content (AvgIpc) is 2.01. The lowest BCUT2D eigenvalue weighted by molar-refractivity contribution is 0.291. The van der Waals surface area contributed by atoms with Crippen LogP contribution in [-0.2, 0) is 0 Å². The summed E-state index contributed by atoms with van der Waals surface area (Å²) in [6.07, 6.45) is 1.21. The first-order valence-corrected chi connectivity index (χ1v) is 5.56. The smallest absolute Gasteiger partial charge is 0.0200 e. The molecule has 0 saturated heterocycles. The van der Waals surface area contributed by atoms with Crippen molar-refractivity contribution in [3.63, 3.8) is 0 Å². The molecule has 0 spiro atoms. The molecule has 2 atom stereocenters. The first kappa shape index (κ1) is 13.9. The summed E-state index contributed by atoms with van der Waals surface area (Å²) >= 11 is 0. The van der Waals surface area contributed by atoms with Gasteiger partial charge in [0, 0.05) is 25.2 Å². The highest BCUT2D eigenvalue weighted by molar-refractivity contribution is 4.75. The Bertz CT molecular complexity index is 124. The standard InChI is InChI=1S/C11H27N3/c1-9(2)6-11(8-14(4)5)13-10(3)7-12/h9-11,13H,6-8,12H2,1-5H3. The molecule has 0 radical (unpaired) electrons. The molecule has 0 bridgehead atoms. The van der Waals surface area contributed by atoms with Crippen molar-refractivity contribution in [1.82, 2.24) is 10.2 Å². The minimum atomic E-state index is 0.415. The summed E-state index contributed by atoms with van der Waals surface area (Å²) in [7, 11) is 4.23. The van der Waals surface area contributed by atoms with Crippen molar-refractivity contribution in [2.45, 2.75) is 39.3 Å². The summed E-state index contributed by atoms with van der Waals surface area (Å²) in [4.78, 5) is 2.23. The number of rotatable bonds is 7. The third-order valence-electron chi connectivity index (χ3n) is 2.22. The van der Waals surface area contributed by atoms with Gasteiger partial charge in [-0.15, -0.1) is 0 Å². The summed E-state index contributed by atoms with van der Waals surface area (Å²) in [5, 5.41) is 3.56. The number of nitrogens with zero attached hydrogens (tertiary/aromatic N) is 1. The fourth-order valence-corrected chi connectivity index (χ4v) is 1.68. The molecule has 3 heteroatoms. The fraction of sp³-hybridized carbons (Fsp3) is 1.00. The van der Waals surface area contributed by atoms with Crippen molar-refractivity contribution < 1.29 is 0 Å². The van der Waals surface area contributed by atoms with E-state index in [1.54, 1.807) is 0 Å². The van der Waals surface area contributed by atoms with E-state index in [4.69, 9.17) is 5.73 Å². The van der Waals surface area contributed by atoms with Crippen LogP contribution in [0.1, 0.15) is 27.2 Å². The van der Waals surface area contributed by atoms with Gasteiger partial charge in [-0.2, -0.15) is 0 Å². The zero-order chi connectivity index (χ0) is 11.1. The summed E-state index contributed by atoms with van der Waals surface area (Å²) in [6.45, 7) is 8.46. The molecular weight excluding hydrogens is 174 g/mol. The molecule has 0 aliphatic carbocycles. The molecule has 14 heavy (non-hydrogen) atoms. The molecule has 2 unspecified atom stereocenters. The highest BCUT2D eigenvalue weighted by Crippen LogP contribution is 2.06. The number of hydrogen-bond acceptors (Lipinski definition) is 3. The molecule has 0 fully saturated rings. The molecule has 3 N–H and O–H groups in total. The van der Waals surface area contributed by atoms with Crippen LogP contribution in [0.5, 0.6) is 0 Å². The van der Waals surface area contributed by atoms with Gasteiger partial charge in [0.1, 0.15) is 0 Å². The van der Waals surface area contributed by atoms with E-state index in [2.05, 4.69) is 45.1 Å². The number of nitrogens with one attached hydrogen (secondary N) is 1. The van der Waals surface area contributed by atoms with Crippen molar-refractivity contribution >= 4 is 0 Å². The molecule has 0 aliphatic rings. The van der Waals surface area contributed by atoms with Crippen LogP contribution in [0.4, 0.5) is 0 Å². The average molecular weight is 201 g/mol. The quantitative estimate of drug-likeness (QED) is 0.643. The molecule has 0 heterocycles. The van der Waals surface area contributed by atoms with E-state index >= 15 is 0 Å². The van der Waals surface area contributed by atoms with Crippen molar-refractivity contribution in [2.24, 2.45) is 11.7 Å². The molecule has 0 aromatic rings. The Morgan fingerprint density at radius 2 is 1.79 bits per heavy atom. The van der Waals surface area contributed by atoms with Crippen LogP contribution < -0.4 is 11.1 Å². The molecule has 0 aromatic heterocycles. The maximum Gasteiger partial charge on any atom is 0.0200 e. The summed E-state index contributed by atoms with van der Waals surface area (Å²) in [5.74, 6) is 0.734. The highest BCUT2D eigenvalue weighted by Gasteiger charge is 2.13. The fourth-order valence-electron chi connectivity index (χ4n) is 1.68. The van der Waals surface area contributed by atoms with E-state index in [1.165, 1.54) is 6.42 Å². The lowest BCUT2D eigenvalue weighted by atomic mass is 10.0. The first-order chi connectivity index (χ1) is 6.45. The Morgan fingerprint density at radius 3 is 2.14 bits per heavy atom. The summed E-state index contributed by atoms with van der Waals surface area (Å²) < 4.78 is 0. The van der Waals surface area contributed by atoms with Gasteiger partial charge in [-0.05, 0) is 33.4 Å². The zero-order valence-electron chi connectivity index (χ0n) is 10.4. The number of likely N-dealkylation sites (N-methyl/N-ethyl adjacent to an activating group) is 1. The summed E-state index contributed by atoms with van der Waals surface area (Å²) in [6, 6.07) is 0.974. The zero-order valence-corrected chi connectivity index (χ0v) is 10.4. The maximum absolute atomic E-state index is 5.61. The summed E-state index contributed by atoms with van der Waals surface area (Å²) in [5.41, 5.74) is 5.61. The predicted octanol–water partition coefficient (Wildman–Crippen LogP) is 0.900. The van der Waals surface area contributed by atoms with Gasteiger partial charge < -0.3 is 16.0 Å². The van der Waals surface area contributed by atoms with E-state index < -0.39 is 0 Å². The van der Waals surface area contributed by atoms with Crippen LogP contribution in [0.2, 0.25) is 0 Å². The minimum Gasteiger partial charge on any atom is -0.329 e. The van der Waals surface area contributed by atoms with Gasteiger partial charge in [0.15, 0.2) is 0 Å². The molecule has 0 aromatic carbocycles. The predicted molar refractivity (Wildman–Crippen MR) is 63.4 cm³/mol. The van der Waals surface area contributed by atoms with Crippen LogP contribution in [0.15, 0.2) is 0 Å². The van der Waals surface area contributed by atoms with E-state index in [0.29, 0.717) is 18.6 Å². The topological polar surface area (TPSA) is 41.3 Å². The molecule has 86 valence electrons. The van der Waals surface area contributed by atoms with Gasteiger partial charge in [0.2, 0.25) is 0 Å². The second-order valence-electron chi connectivity index (χ2n) is 4.89. The van der Waals surface area contributed by atoms with Crippen molar-refractivity contribution in [3.05, 3.63) is 0 Å². The van der Waals surface area contributed by atoms with E-state index in [9.17, 15) is 0 Å². The maximum atomic E-state index is 5.61. The Balaban J connectivity index is 3.96. The Labute approximate surface area is 89.0 Å². The lowest BCUT2D eigenvalue weighted by Crippen LogP contribution is -2.46. The Hall–Kier alpha value is -0.120. The van der Waals surface area contributed by atoms with Crippen molar-refractivity contribution in [2.75, 3.05) is 27.2 Å². The van der Waals surface area contributed by atoms with Gasteiger partial charge in [-0.25, -0.2) is 0 Å². The minimum absolute atomic E-state index is 0.415. The van der Waals surface area contributed by atoms with Gasteiger partial charge >= 0.3 is 0 Å². The molecular formula is C11H27N3. The second kappa shape index (κ2) is 7.21. The third kappa shape index (κ3) is 7.30. The largest absolute Gasteiger partial charge is 0.329 e. The van der Waals surface area contributed by atoms with Gasteiger partial charge in [0.05, 0.1) is 0 Å². The second-order valence-corrected chi connectivity index (χ2v) is 4.89. The van der Waals surface area contributed by atoms with Crippen molar-refractivity contribution in [1.29, 1.82) is 0 Å². The SMILES string of the molecule is CC(C)CC(CN(C)C)NC(C)CN. The molecule has 0 amide bonds. The van der Waals surface area contributed by atoms with Crippen LogP contribution in [0.25, 0.3) is 0 Å². The Kier molecular flexibility index (Phi) is 7.15. The Morgan fingerprint density at radius 1 is 1.21 bits per heavy atom. The normalized spacial score (nSPS) is 16.3. The molecule has 0 rings (SSSR count). The van der Waals surface area contributed by atoms with Crippen molar-refractivity contribution in [3.8, 4) is 0 Å². The third-order valence-corrected chi connectivity index (χ3v) is 2.22. The number of nitrogens with two attached hydrogens (primary N) is 1. The van der Waals surface area contributed by atoms with Crippen LogP contribution in [-0.4, -0.2) is 44.2 Å². The van der Waals surface area contributed by atoms with E-state index in [1.807, 2.05) is 0 Å². The number of hydrogen-bond donors (Lipinski definition) is 2. The highest BCUT2D eigenvalue weighted by atomic mass is 15.1. The van der Waals surface area contributed by atoms with E-state index in [0.717, 1.165) is 12.5 Å². The lowest BCUT2D eigenvalue weighted by Gasteiger charge is -2.26. The molecule has 0 aliphatic heterocycles. The van der Waals surface area contributed by atoms with Crippen LogP contribution >= 0.6 is 0 Å². The van der Waals surface area contributed by atoms with Crippen LogP contribution in [0, 0.1) is 5.92 Å². The van der Waals surface area contributed by atoms with Crippen LogP contribution in [0.3, 0.4) is 0 Å².